The van der Waals surface area contributed by atoms with Crippen molar-refractivity contribution in [3.05, 3.63) is 71.9 Å². The highest BCUT2D eigenvalue weighted by atomic mass is 16.6. The molecule has 0 radical (unpaired) electrons. The third-order valence-corrected chi connectivity index (χ3v) is 5.37. The first kappa shape index (κ1) is 25.1. The number of pyridine rings is 1. The van der Waals surface area contributed by atoms with Crippen LogP contribution in [0.5, 0.6) is 0 Å². The van der Waals surface area contributed by atoms with Gasteiger partial charge in [-0.3, -0.25) is 4.79 Å². The van der Waals surface area contributed by atoms with Gasteiger partial charge < -0.3 is 19.3 Å². The number of hydrogen-bond donors (Lipinski definition) is 1. The highest BCUT2D eigenvalue weighted by molar-refractivity contribution is 5.75. The summed E-state index contributed by atoms with van der Waals surface area (Å²) in [6.07, 6.45) is 1.63. The number of methoxy groups -OCH3 is 1. The summed E-state index contributed by atoms with van der Waals surface area (Å²) >= 11 is 0. The minimum absolute atomic E-state index is 0.0261. The molecule has 0 aliphatic heterocycles. The SMILES string of the molecule is COCc1cc(-c2nc(-c3ccc(NCC(=O)OC(C)(C)C)nc3)no2)ccc1-c1ccccc1C. The van der Waals surface area contributed by atoms with Crippen molar-refractivity contribution in [3.8, 4) is 34.0 Å². The minimum Gasteiger partial charge on any atom is -0.459 e. The molecule has 1 N–H and O–H groups in total. The normalized spacial score (nSPS) is 11.4. The summed E-state index contributed by atoms with van der Waals surface area (Å²) in [5.74, 6) is 1.03. The summed E-state index contributed by atoms with van der Waals surface area (Å²) in [6, 6.07) is 17.9. The molecule has 8 heteroatoms. The summed E-state index contributed by atoms with van der Waals surface area (Å²) in [7, 11) is 1.68. The number of carbonyl (C=O) groups is 1. The van der Waals surface area contributed by atoms with Crippen molar-refractivity contribution >= 4 is 11.8 Å². The van der Waals surface area contributed by atoms with Gasteiger partial charge in [0, 0.05) is 24.4 Å². The van der Waals surface area contributed by atoms with Crippen LogP contribution in [0.1, 0.15) is 31.9 Å². The molecule has 0 saturated heterocycles. The Hall–Kier alpha value is -4.04. The predicted molar refractivity (Wildman–Crippen MR) is 138 cm³/mol. The van der Waals surface area contributed by atoms with Gasteiger partial charge in [0.1, 0.15) is 18.0 Å². The van der Waals surface area contributed by atoms with Gasteiger partial charge in [-0.15, -0.1) is 0 Å². The molecule has 0 saturated carbocycles. The molecule has 4 aromatic rings. The van der Waals surface area contributed by atoms with Gasteiger partial charge in [0.05, 0.1) is 6.61 Å². The van der Waals surface area contributed by atoms with Crippen LogP contribution >= 0.6 is 0 Å². The maximum Gasteiger partial charge on any atom is 0.325 e. The molecule has 0 fully saturated rings. The van der Waals surface area contributed by atoms with E-state index in [-0.39, 0.29) is 12.5 Å². The highest BCUT2D eigenvalue weighted by Crippen LogP contribution is 2.31. The standard InChI is InChI=1S/C28H30N4O4/c1-18-8-6-7-9-22(18)23-12-10-19(14-21(23)17-34-5)27-31-26(32-36-27)20-11-13-24(29-15-20)30-16-25(33)35-28(2,3)4/h6-15H,16-17H2,1-5H3,(H,29,30). The van der Waals surface area contributed by atoms with E-state index in [1.807, 2.05) is 51.1 Å². The van der Waals surface area contributed by atoms with Crippen LogP contribution in [0.3, 0.4) is 0 Å². The minimum atomic E-state index is -0.530. The predicted octanol–water partition coefficient (Wildman–Crippen LogP) is 5.67. The number of aromatic nitrogens is 3. The molecule has 4 rings (SSSR count). The number of aryl methyl sites for hydroxylation is 1. The summed E-state index contributed by atoms with van der Waals surface area (Å²) < 4.78 is 16.3. The smallest absolute Gasteiger partial charge is 0.325 e. The maximum atomic E-state index is 11.9. The molecule has 0 unspecified atom stereocenters. The quantitative estimate of drug-likeness (QED) is 0.318. The first-order chi connectivity index (χ1) is 17.2. The number of ether oxygens (including phenoxy) is 2. The summed E-state index contributed by atoms with van der Waals surface area (Å²) in [5, 5.41) is 7.08. The second-order valence-electron chi connectivity index (χ2n) is 9.42. The molecule has 0 aliphatic rings. The van der Waals surface area contributed by atoms with Gasteiger partial charge in [0.2, 0.25) is 5.82 Å². The Morgan fingerprint density at radius 2 is 1.81 bits per heavy atom. The van der Waals surface area contributed by atoms with Crippen molar-refractivity contribution in [2.24, 2.45) is 0 Å². The van der Waals surface area contributed by atoms with E-state index in [1.165, 1.54) is 5.56 Å². The summed E-state index contributed by atoms with van der Waals surface area (Å²) in [5.41, 5.74) is 5.47. The molecular formula is C28H30N4O4. The van der Waals surface area contributed by atoms with Gasteiger partial charge in [-0.1, -0.05) is 35.5 Å². The van der Waals surface area contributed by atoms with Crippen molar-refractivity contribution < 1.29 is 18.8 Å². The van der Waals surface area contributed by atoms with E-state index in [9.17, 15) is 4.79 Å². The van der Waals surface area contributed by atoms with Gasteiger partial charge in [-0.25, -0.2) is 4.98 Å². The Kier molecular flexibility index (Phi) is 7.45. The van der Waals surface area contributed by atoms with Crippen LogP contribution in [0.15, 0.2) is 65.3 Å². The van der Waals surface area contributed by atoms with Gasteiger partial charge in [-0.05, 0) is 74.2 Å². The van der Waals surface area contributed by atoms with E-state index in [4.69, 9.17) is 14.0 Å². The fourth-order valence-electron chi connectivity index (χ4n) is 3.77. The third kappa shape index (κ3) is 6.14. The monoisotopic (exact) mass is 486 g/mol. The second kappa shape index (κ2) is 10.7. The lowest BCUT2D eigenvalue weighted by Crippen LogP contribution is -2.28. The fourth-order valence-corrected chi connectivity index (χ4v) is 3.77. The number of nitrogens with zero attached hydrogens (tertiary/aromatic N) is 3. The lowest BCUT2D eigenvalue weighted by Gasteiger charge is -2.19. The molecule has 0 spiro atoms. The maximum absolute atomic E-state index is 11.9. The van der Waals surface area contributed by atoms with Gasteiger partial charge >= 0.3 is 5.97 Å². The van der Waals surface area contributed by atoms with Crippen LogP contribution in [0.2, 0.25) is 0 Å². The van der Waals surface area contributed by atoms with Crippen molar-refractivity contribution in [1.29, 1.82) is 0 Å². The van der Waals surface area contributed by atoms with Crippen LogP contribution < -0.4 is 5.32 Å². The zero-order valence-electron chi connectivity index (χ0n) is 21.2. The zero-order valence-corrected chi connectivity index (χ0v) is 21.2. The average Bonchev–Trinajstić information content (AvgIpc) is 3.33. The van der Waals surface area contributed by atoms with Gasteiger partial charge in [-0.2, -0.15) is 4.98 Å². The van der Waals surface area contributed by atoms with E-state index >= 15 is 0 Å². The van der Waals surface area contributed by atoms with Crippen molar-refractivity contribution in [3.63, 3.8) is 0 Å². The Morgan fingerprint density at radius 1 is 1.03 bits per heavy atom. The number of rotatable bonds is 8. The van der Waals surface area contributed by atoms with Gasteiger partial charge in [0.25, 0.3) is 5.89 Å². The molecule has 0 bridgehead atoms. The van der Waals surface area contributed by atoms with Crippen molar-refractivity contribution in [2.75, 3.05) is 19.0 Å². The lowest BCUT2D eigenvalue weighted by atomic mass is 9.94. The van der Waals surface area contributed by atoms with E-state index in [2.05, 4.69) is 45.6 Å². The molecule has 0 amide bonds. The van der Waals surface area contributed by atoms with Crippen LogP contribution in [-0.4, -0.2) is 40.3 Å². The van der Waals surface area contributed by atoms with Gasteiger partial charge in [0.15, 0.2) is 0 Å². The number of anilines is 1. The van der Waals surface area contributed by atoms with E-state index in [0.29, 0.717) is 29.7 Å². The molecule has 2 heterocycles. The third-order valence-electron chi connectivity index (χ3n) is 5.37. The largest absolute Gasteiger partial charge is 0.459 e. The molecule has 0 aliphatic carbocycles. The highest BCUT2D eigenvalue weighted by Gasteiger charge is 2.17. The molecule has 36 heavy (non-hydrogen) atoms. The molecule has 2 aromatic carbocycles. The number of benzene rings is 2. The van der Waals surface area contributed by atoms with Crippen LogP contribution in [0, 0.1) is 6.92 Å². The van der Waals surface area contributed by atoms with E-state index in [0.717, 1.165) is 22.3 Å². The first-order valence-corrected chi connectivity index (χ1v) is 11.7. The number of esters is 1. The molecule has 186 valence electrons. The topological polar surface area (TPSA) is 99.4 Å². The molecule has 8 nitrogen and oxygen atoms in total. The lowest BCUT2D eigenvalue weighted by molar-refractivity contribution is -0.152. The molecular weight excluding hydrogens is 456 g/mol. The Labute approximate surface area is 210 Å². The van der Waals surface area contributed by atoms with Crippen LogP contribution in [-0.2, 0) is 20.9 Å². The first-order valence-electron chi connectivity index (χ1n) is 11.7. The Balaban J connectivity index is 1.50. The summed E-state index contributed by atoms with van der Waals surface area (Å²) in [4.78, 5) is 20.8. The van der Waals surface area contributed by atoms with Crippen molar-refractivity contribution in [1.82, 2.24) is 15.1 Å². The van der Waals surface area contributed by atoms with Crippen LogP contribution in [0.25, 0.3) is 34.0 Å². The zero-order chi connectivity index (χ0) is 25.7. The fraction of sp³-hybridized carbons (Fsp3) is 0.286. The molecule has 2 aromatic heterocycles. The Bertz CT molecular complexity index is 1340. The molecule has 0 atom stereocenters. The van der Waals surface area contributed by atoms with Crippen LogP contribution in [0.4, 0.5) is 5.82 Å². The average molecular weight is 487 g/mol. The number of carbonyl (C=O) groups excluding carboxylic acids is 1. The van der Waals surface area contributed by atoms with E-state index in [1.54, 1.807) is 19.4 Å². The summed E-state index contributed by atoms with van der Waals surface area (Å²) in [6.45, 7) is 8.06. The second-order valence-corrected chi connectivity index (χ2v) is 9.42. The van der Waals surface area contributed by atoms with Crippen molar-refractivity contribution in [2.45, 2.75) is 39.9 Å². The number of nitrogens with one attached hydrogen (secondary N) is 1. The van der Waals surface area contributed by atoms with E-state index < -0.39 is 5.60 Å². The number of hydrogen-bond acceptors (Lipinski definition) is 8. The Morgan fingerprint density at radius 3 is 2.50 bits per heavy atom.